The van der Waals surface area contributed by atoms with Gasteiger partial charge in [0.05, 0.1) is 6.07 Å². The summed E-state index contributed by atoms with van der Waals surface area (Å²) in [5.41, 5.74) is 0. The lowest BCUT2D eigenvalue weighted by Gasteiger charge is -2.07. The number of hydrogen-bond donors (Lipinski definition) is 0. The quantitative estimate of drug-likeness (QED) is 0.406. The topological polar surface area (TPSA) is 23.8 Å². The van der Waals surface area contributed by atoms with Crippen LogP contribution in [0, 0.1) is 11.3 Å². The van der Waals surface area contributed by atoms with Crippen molar-refractivity contribution in [2.75, 3.05) is 0 Å². The second kappa shape index (κ2) is 10.9. The van der Waals surface area contributed by atoms with E-state index in [4.69, 9.17) is 16.9 Å². The lowest BCUT2D eigenvalue weighted by Crippen LogP contribution is -1.98. The van der Waals surface area contributed by atoms with Crippen molar-refractivity contribution in [2.45, 2.75) is 70.1 Å². The van der Waals surface area contributed by atoms with Gasteiger partial charge >= 0.3 is 0 Å². The lowest BCUT2D eigenvalue weighted by atomic mass is 10.1. The summed E-state index contributed by atoms with van der Waals surface area (Å²) in [5, 5.41) is 8.66. The van der Waals surface area contributed by atoms with Gasteiger partial charge in [0.1, 0.15) is 0 Å². The average molecular weight is 216 g/mol. The van der Waals surface area contributed by atoms with Crippen LogP contribution in [-0.4, -0.2) is 5.38 Å². The summed E-state index contributed by atoms with van der Waals surface area (Å²) in [4.78, 5) is 0. The Kier molecular flexibility index (Phi) is 10.7. The number of alkyl halides is 1. The number of unbranched alkanes of at least 4 members (excludes halogenated alkanes) is 5. The minimum absolute atomic E-state index is 0.296. The van der Waals surface area contributed by atoms with Crippen LogP contribution >= 0.6 is 11.6 Å². The van der Waals surface area contributed by atoms with Gasteiger partial charge in [0.2, 0.25) is 0 Å². The predicted molar refractivity (Wildman–Crippen MR) is 62.5 cm³/mol. The Morgan fingerprint density at radius 1 is 1.07 bits per heavy atom. The molecule has 1 atom stereocenters. The summed E-state index contributed by atoms with van der Waals surface area (Å²) < 4.78 is 0. The van der Waals surface area contributed by atoms with Crippen LogP contribution in [0.1, 0.15) is 64.7 Å². The molecular weight excluding hydrogens is 194 g/mol. The minimum atomic E-state index is 0.296. The fourth-order valence-electron chi connectivity index (χ4n) is 1.52. The highest BCUT2D eigenvalue weighted by molar-refractivity contribution is 6.20. The second-order valence-electron chi connectivity index (χ2n) is 3.85. The molecule has 0 saturated carbocycles. The molecule has 0 N–H and O–H groups in total. The normalized spacial score (nSPS) is 12.4. The fourth-order valence-corrected chi connectivity index (χ4v) is 1.82. The maximum absolute atomic E-state index is 8.36. The molecule has 0 aromatic heterocycles. The molecule has 0 saturated heterocycles. The first kappa shape index (κ1) is 13.8. The summed E-state index contributed by atoms with van der Waals surface area (Å²) in [5.74, 6) is 0. The maximum Gasteiger partial charge on any atom is 0.0621 e. The smallest absolute Gasteiger partial charge is 0.0621 e. The Hall–Kier alpha value is -0.220. The van der Waals surface area contributed by atoms with Crippen molar-refractivity contribution in [1.29, 1.82) is 5.26 Å². The van der Waals surface area contributed by atoms with E-state index in [2.05, 4.69) is 13.0 Å². The average Bonchev–Trinajstić information content (AvgIpc) is 2.18. The molecule has 0 heterocycles. The van der Waals surface area contributed by atoms with E-state index in [0.717, 1.165) is 19.3 Å². The molecule has 0 aromatic rings. The van der Waals surface area contributed by atoms with E-state index in [1.165, 1.54) is 32.1 Å². The molecule has 0 amide bonds. The molecule has 0 rings (SSSR count). The SMILES string of the molecule is CCCCCCCC(Cl)CCCC#N. The third-order valence-electron chi connectivity index (χ3n) is 2.43. The Balaban J connectivity index is 3.10. The summed E-state index contributed by atoms with van der Waals surface area (Å²) >= 11 is 6.12. The van der Waals surface area contributed by atoms with E-state index in [-0.39, 0.29) is 0 Å². The van der Waals surface area contributed by atoms with Crippen LogP contribution in [0.5, 0.6) is 0 Å². The van der Waals surface area contributed by atoms with Crippen molar-refractivity contribution < 1.29 is 0 Å². The summed E-state index contributed by atoms with van der Waals surface area (Å²) in [7, 11) is 0. The van der Waals surface area contributed by atoms with Crippen molar-refractivity contribution >= 4 is 11.6 Å². The fraction of sp³-hybridized carbons (Fsp3) is 0.917. The second-order valence-corrected chi connectivity index (χ2v) is 4.47. The number of nitrogens with zero attached hydrogens (tertiary/aromatic N) is 1. The van der Waals surface area contributed by atoms with Crippen molar-refractivity contribution in [3.05, 3.63) is 0 Å². The maximum atomic E-state index is 8.36. The Morgan fingerprint density at radius 3 is 2.36 bits per heavy atom. The van der Waals surface area contributed by atoms with Crippen molar-refractivity contribution in [3.8, 4) is 6.07 Å². The first-order valence-corrected chi connectivity index (χ1v) is 6.26. The van der Waals surface area contributed by atoms with Gasteiger partial charge in [-0.15, -0.1) is 11.6 Å². The standard InChI is InChI=1S/C12H22ClN/c1-2-3-4-5-6-9-12(13)10-7-8-11-14/h12H,2-10H2,1H3. The van der Waals surface area contributed by atoms with Crippen LogP contribution in [0.3, 0.4) is 0 Å². The molecule has 0 radical (unpaired) electrons. The van der Waals surface area contributed by atoms with Crippen molar-refractivity contribution in [3.63, 3.8) is 0 Å². The van der Waals surface area contributed by atoms with Crippen LogP contribution < -0.4 is 0 Å². The van der Waals surface area contributed by atoms with Gasteiger partial charge in [-0.05, 0) is 19.3 Å². The van der Waals surface area contributed by atoms with E-state index in [1.54, 1.807) is 0 Å². The molecule has 1 nitrogen and oxygen atoms in total. The zero-order valence-corrected chi connectivity index (χ0v) is 10.0. The predicted octanol–water partition coefficient (Wildman–Crippen LogP) is 4.65. The molecule has 0 aromatic carbocycles. The van der Waals surface area contributed by atoms with Gasteiger partial charge in [0.15, 0.2) is 0 Å². The molecule has 0 aliphatic rings. The molecule has 0 fully saturated rings. The van der Waals surface area contributed by atoms with Crippen LogP contribution in [0.25, 0.3) is 0 Å². The first-order chi connectivity index (χ1) is 6.81. The Morgan fingerprint density at radius 2 is 1.71 bits per heavy atom. The largest absolute Gasteiger partial charge is 0.198 e. The van der Waals surface area contributed by atoms with Crippen LogP contribution in [0.4, 0.5) is 0 Å². The highest BCUT2D eigenvalue weighted by atomic mass is 35.5. The van der Waals surface area contributed by atoms with Gasteiger partial charge in [-0.3, -0.25) is 0 Å². The first-order valence-electron chi connectivity index (χ1n) is 5.82. The molecule has 0 aliphatic heterocycles. The molecule has 82 valence electrons. The summed E-state index contributed by atoms with van der Waals surface area (Å²) in [6.07, 6.45) is 10.3. The van der Waals surface area contributed by atoms with Gasteiger partial charge < -0.3 is 0 Å². The summed E-state index contributed by atoms with van der Waals surface area (Å²) in [6.45, 7) is 2.23. The number of rotatable bonds is 9. The van der Waals surface area contributed by atoms with E-state index < -0.39 is 0 Å². The van der Waals surface area contributed by atoms with Crippen LogP contribution in [0.15, 0.2) is 0 Å². The Bertz CT molecular complexity index is 151. The van der Waals surface area contributed by atoms with E-state index in [9.17, 15) is 0 Å². The van der Waals surface area contributed by atoms with Gasteiger partial charge in [-0.2, -0.15) is 5.26 Å². The third-order valence-corrected chi connectivity index (χ3v) is 2.86. The minimum Gasteiger partial charge on any atom is -0.198 e. The molecule has 0 spiro atoms. The van der Waals surface area contributed by atoms with E-state index >= 15 is 0 Å². The van der Waals surface area contributed by atoms with Gasteiger partial charge in [-0.1, -0.05) is 39.0 Å². The molecule has 2 heteroatoms. The molecule has 1 unspecified atom stereocenters. The number of halogens is 1. The highest BCUT2D eigenvalue weighted by Crippen LogP contribution is 2.15. The zero-order valence-electron chi connectivity index (χ0n) is 9.27. The lowest BCUT2D eigenvalue weighted by molar-refractivity contribution is 0.572. The monoisotopic (exact) mass is 215 g/mol. The molecule has 0 bridgehead atoms. The molecule has 14 heavy (non-hydrogen) atoms. The number of hydrogen-bond acceptors (Lipinski definition) is 1. The number of nitriles is 1. The zero-order chi connectivity index (χ0) is 10.6. The van der Waals surface area contributed by atoms with E-state index in [0.29, 0.717) is 11.8 Å². The van der Waals surface area contributed by atoms with Gasteiger partial charge in [-0.25, -0.2) is 0 Å². The van der Waals surface area contributed by atoms with Crippen molar-refractivity contribution in [1.82, 2.24) is 0 Å². The van der Waals surface area contributed by atoms with Crippen LogP contribution in [0.2, 0.25) is 0 Å². The summed E-state index contributed by atoms with van der Waals surface area (Å²) in [6, 6.07) is 2.15. The van der Waals surface area contributed by atoms with Crippen molar-refractivity contribution in [2.24, 2.45) is 0 Å². The van der Waals surface area contributed by atoms with Crippen LogP contribution in [-0.2, 0) is 0 Å². The molecular formula is C12H22ClN. The van der Waals surface area contributed by atoms with Gasteiger partial charge in [0.25, 0.3) is 0 Å². The van der Waals surface area contributed by atoms with Gasteiger partial charge in [0, 0.05) is 11.8 Å². The third kappa shape index (κ3) is 9.86. The van der Waals surface area contributed by atoms with E-state index in [1.807, 2.05) is 0 Å². The highest BCUT2D eigenvalue weighted by Gasteiger charge is 2.03. The molecule has 0 aliphatic carbocycles. The Labute approximate surface area is 93.4 Å².